The van der Waals surface area contributed by atoms with Crippen LogP contribution in [0.5, 0.6) is 11.5 Å². The lowest BCUT2D eigenvalue weighted by Gasteiger charge is -2.43. The van der Waals surface area contributed by atoms with Crippen molar-refractivity contribution in [2.24, 2.45) is 29.6 Å². The summed E-state index contributed by atoms with van der Waals surface area (Å²) in [5.41, 5.74) is 3.34. The zero-order valence-electron chi connectivity index (χ0n) is 25.8. The molecule has 47 heavy (non-hydrogen) atoms. The van der Waals surface area contributed by atoms with Gasteiger partial charge in [-0.1, -0.05) is 53.3 Å². The molecule has 0 radical (unpaired) electrons. The number of ether oxygens (including phenoxy) is 2. The lowest BCUT2D eigenvalue weighted by Crippen LogP contribution is -2.42. The van der Waals surface area contributed by atoms with Gasteiger partial charge in [-0.15, -0.1) is 11.8 Å². The molecule has 3 fully saturated rings. The number of nitrogens with one attached hydrogen (secondary N) is 2. The number of aromatic amines is 1. The summed E-state index contributed by atoms with van der Waals surface area (Å²) in [6.45, 7) is 4.07. The summed E-state index contributed by atoms with van der Waals surface area (Å²) in [4.78, 5) is 58.6. The topological polar surface area (TPSA) is 118 Å². The minimum absolute atomic E-state index is 0.00194. The molecule has 4 unspecified atom stereocenters. The van der Waals surface area contributed by atoms with Crippen LogP contribution in [0.25, 0.3) is 0 Å². The third kappa shape index (κ3) is 4.98. The van der Waals surface area contributed by atoms with E-state index in [0.717, 1.165) is 27.5 Å². The van der Waals surface area contributed by atoms with Gasteiger partial charge in [-0.2, -0.15) is 0 Å². The number of para-hydroxylation sites is 1. The summed E-state index contributed by atoms with van der Waals surface area (Å²) < 4.78 is 12.0. The molecule has 2 aliphatic heterocycles. The maximum Gasteiger partial charge on any atom is 0.305 e. The van der Waals surface area contributed by atoms with Crippen molar-refractivity contribution >= 4 is 52.2 Å². The molecule has 4 aliphatic rings. The molecule has 11 heteroatoms. The third-order valence-corrected chi connectivity index (χ3v) is 12.6. The molecule has 2 bridgehead atoms. The molecule has 3 aromatic carbocycles. The second-order valence-electron chi connectivity index (χ2n) is 12.6. The average Bonchev–Trinajstić information content (AvgIpc) is 3.80. The van der Waals surface area contributed by atoms with E-state index in [9.17, 15) is 19.2 Å². The molecule has 2 saturated carbocycles. The summed E-state index contributed by atoms with van der Waals surface area (Å²) in [5.74, 6) is -0.368. The van der Waals surface area contributed by atoms with Crippen LogP contribution in [0.2, 0.25) is 0 Å². The molecular weight excluding hydrogens is 635 g/mol. The van der Waals surface area contributed by atoms with E-state index in [4.69, 9.17) is 9.47 Å². The number of hydrogen-bond acceptors (Lipinski definition) is 8. The molecule has 2 aliphatic carbocycles. The highest BCUT2D eigenvalue weighted by Crippen LogP contribution is 2.68. The van der Waals surface area contributed by atoms with E-state index in [1.54, 1.807) is 11.8 Å². The zero-order valence-corrected chi connectivity index (χ0v) is 27.4. The van der Waals surface area contributed by atoms with Gasteiger partial charge in [0.2, 0.25) is 11.8 Å². The highest BCUT2D eigenvalue weighted by molar-refractivity contribution is 8.00. The minimum atomic E-state index is -0.382. The van der Waals surface area contributed by atoms with E-state index in [-0.39, 0.29) is 70.0 Å². The SMILES string of the molecule is CCOc1cc([C@H]2c3sc(=O)[nH]c3SC3C2[C@H]2C[C@@H]3C3C(=O)N(c4ccc(C)cc4)C(=O)C32)ccc1OCC(=O)Nc1ccccc1. The maximum absolute atomic E-state index is 14.0. The first-order valence-corrected chi connectivity index (χ1v) is 17.6. The molecule has 8 rings (SSSR count). The molecule has 0 spiro atoms. The molecule has 2 N–H and O–H groups in total. The van der Waals surface area contributed by atoms with Gasteiger partial charge in [-0.25, -0.2) is 0 Å². The smallest absolute Gasteiger partial charge is 0.305 e. The second-order valence-corrected chi connectivity index (χ2v) is 14.9. The molecule has 240 valence electrons. The first-order chi connectivity index (χ1) is 22.8. The first kappa shape index (κ1) is 30.0. The number of carbonyl (C=O) groups is 3. The van der Waals surface area contributed by atoms with Gasteiger partial charge in [0.05, 0.1) is 29.2 Å². The molecule has 7 atom stereocenters. The van der Waals surface area contributed by atoms with Crippen molar-refractivity contribution in [3.05, 3.63) is 98.5 Å². The fourth-order valence-electron chi connectivity index (χ4n) is 8.31. The van der Waals surface area contributed by atoms with E-state index in [1.165, 1.54) is 16.2 Å². The van der Waals surface area contributed by atoms with Gasteiger partial charge in [-0.3, -0.25) is 24.1 Å². The molecule has 1 saturated heterocycles. The van der Waals surface area contributed by atoms with Gasteiger partial charge in [0.25, 0.3) is 5.91 Å². The Bertz CT molecular complexity index is 1940. The predicted octanol–water partition coefficient (Wildman–Crippen LogP) is 5.84. The van der Waals surface area contributed by atoms with Gasteiger partial charge in [-0.05, 0) is 80.0 Å². The Kier molecular flexibility index (Phi) is 7.48. The number of carbonyl (C=O) groups excluding carboxylic acids is 3. The molecule has 1 aromatic heterocycles. The number of thioether (sulfide) groups is 1. The Balaban J connectivity index is 1.11. The van der Waals surface area contributed by atoms with E-state index in [2.05, 4.69) is 10.3 Å². The Morgan fingerprint density at radius 1 is 0.936 bits per heavy atom. The van der Waals surface area contributed by atoms with Crippen LogP contribution in [0.4, 0.5) is 11.4 Å². The maximum atomic E-state index is 14.0. The quantitative estimate of drug-likeness (QED) is 0.227. The van der Waals surface area contributed by atoms with Gasteiger partial charge >= 0.3 is 4.87 Å². The summed E-state index contributed by atoms with van der Waals surface area (Å²) in [5, 5.41) is 3.75. The highest BCUT2D eigenvalue weighted by Gasteiger charge is 2.69. The normalized spacial score (nSPS) is 26.9. The summed E-state index contributed by atoms with van der Waals surface area (Å²) >= 11 is 2.88. The highest BCUT2D eigenvalue weighted by atomic mass is 32.2. The van der Waals surface area contributed by atoms with E-state index in [1.807, 2.05) is 86.6 Å². The summed E-state index contributed by atoms with van der Waals surface area (Å²) in [6.07, 6.45) is 0.808. The Morgan fingerprint density at radius 3 is 2.43 bits per heavy atom. The average molecular weight is 668 g/mol. The Morgan fingerprint density at radius 2 is 1.68 bits per heavy atom. The number of aromatic nitrogens is 1. The van der Waals surface area contributed by atoms with Crippen molar-refractivity contribution in [1.82, 2.24) is 4.98 Å². The third-order valence-electron chi connectivity index (χ3n) is 10.1. The lowest BCUT2D eigenvalue weighted by atomic mass is 9.68. The Hall–Kier alpha value is -4.35. The van der Waals surface area contributed by atoms with Gasteiger partial charge < -0.3 is 19.8 Å². The number of H-pyrrole nitrogens is 1. The van der Waals surface area contributed by atoms with Crippen molar-refractivity contribution in [2.75, 3.05) is 23.4 Å². The molecule has 3 amide bonds. The molecule has 9 nitrogen and oxygen atoms in total. The van der Waals surface area contributed by atoms with E-state index in [0.29, 0.717) is 29.5 Å². The molecule has 4 aromatic rings. The van der Waals surface area contributed by atoms with Crippen LogP contribution in [0.3, 0.4) is 0 Å². The molecular formula is C36H33N3O6S2. The number of amides is 3. The fraction of sp³-hybridized carbons (Fsp3) is 0.333. The largest absolute Gasteiger partial charge is 0.490 e. The van der Waals surface area contributed by atoms with Crippen LogP contribution in [0, 0.1) is 36.5 Å². The van der Waals surface area contributed by atoms with Crippen LogP contribution >= 0.6 is 23.1 Å². The number of imide groups is 1. The zero-order chi connectivity index (χ0) is 32.4. The number of rotatable bonds is 8. The first-order valence-electron chi connectivity index (χ1n) is 15.9. The Labute approximate surface area is 279 Å². The van der Waals surface area contributed by atoms with Crippen LogP contribution in [-0.2, 0) is 14.4 Å². The number of fused-ring (bicyclic) bond motifs is 9. The monoisotopic (exact) mass is 667 g/mol. The number of thiazole rings is 1. The van der Waals surface area contributed by atoms with Gasteiger partial charge in [0.15, 0.2) is 18.1 Å². The van der Waals surface area contributed by atoms with E-state index < -0.39 is 0 Å². The van der Waals surface area contributed by atoms with Crippen LogP contribution in [0.15, 0.2) is 82.6 Å². The number of nitrogens with zero attached hydrogens (tertiary/aromatic N) is 1. The lowest BCUT2D eigenvalue weighted by molar-refractivity contribution is -0.123. The van der Waals surface area contributed by atoms with Crippen molar-refractivity contribution in [3.63, 3.8) is 0 Å². The number of benzene rings is 3. The number of aryl methyl sites for hydroxylation is 1. The van der Waals surface area contributed by atoms with Gasteiger partial charge in [0, 0.05) is 21.7 Å². The minimum Gasteiger partial charge on any atom is -0.490 e. The predicted molar refractivity (Wildman–Crippen MR) is 180 cm³/mol. The standard InChI is InChI=1S/C36H33N3O6S2/c1-3-44-25-15-19(11-14-24(25)45-17-26(40)37-20-7-5-4-6-8-20)27-28-22-16-23(31(28)46-33-32(27)47-36(43)38-33)30-29(22)34(41)39(35(30)42)21-12-9-18(2)10-13-21/h4-15,22-23,27-31H,3,16-17H2,1-2H3,(H,37,40)(H,38,43)/t22-,23-,27-,28?,29?,30?,31?/m1/s1. The fourth-order valence-corrected chi connectivity index (χ4v) is 11.2. The summed E-state index contributed by atoms with van der Waals surface area (Å²) in [7, 11) is 0. The van der Waals surface area contributed by atoms with Crippen LogP contribution < -0.4 is 24.6 Å². The van der Waals surface area contributed by atoms with Crippen LogP contribution in [-0.4, -0.2) is 41.2 Å². The van der Waals surface area contributed by atoms with Crippen molar-refractivity contribution < 1.29 is 23.9 Å². The van der Waals surface area contributed by atoms with Crippen molar-refractivity contribution in [2.45, 2.75) is 36.5 Å². The summed E-state index contributed by atoms with van der Waals surface area (Å²) in [6, 6.07) is 22.5. The van der Waals surface area contributed by atoms with Crippen molar-refractivity contribution in [3.8, 4) is 11.5 Å². The number of anilines is 2. The van der Waals surface area contributed by atoms with Crippen molar-refractivity contribution in [1.29, 1.82) is 0 Å². The number of hydrogen-bond donors (Lipinski definition) is 2. The van der Waals surface area contributed by atoms with Gasteiger partial charge in [0.1, 0.15) is 0 Å². The molecule has 3 heterocycles. The van der Waals surface area contributed by atoms with E-state index >= 15 is 0 Å². The van der Waals surface area contributed by atoms with Crippen LogP contribution in [0.1, 0.15) is 35.3 Å². The second kappa shape index (κ2) is 11.7.